The number of carbonyl (C=O) groups is 1. The zero-order valence-corrected chi connectivity index (χ0v) is 17.5. The number of carbonyl (C=O) groups excluding carboxylic acids is 1. The molecule has 0 saturated carbocycles. The Bertz CT molecular complexity index is 1100. The smallest absolute Gasteiger partial charge is 0.288 e. The lowest BCUT2D eigenvalue weighted by molar-refractivity contribution is 0.103. The summed E-state index contributed by atoms with van der Waals surface area (Å²) in [6.45, 7) is 1.64. The molecule has 0 radical (unpaired) electrons. The normalized spacial score (nSPS) is 11.4. The number of anilines is 2. The van der Waals surface area contributed by atoms with E-state index in [1.165, 1.54) is 41.7 Å². The van der Waals surface area contributed by atoms with Gasteiger partial charge in [-0.3, -0.25) is 9.52 Å². The predicted molar refractivity (Wildman–Crippen MR) is 113 cm³/mol. The summed E-state index contributed by atoms with van der Waals surface area (Å²) in [5.41, 5.74) is 1.09. The number of rotatable bonds is 7. The third kappa shape index (κ3) is 5.55. The average Bonchev–Trinajstić information content (AvgIpc) is 3.19. The van der Waals surface area contributed by atoms with Crippen molar-refractivity contribution in [3.8, 4) is 0 Å². The highest BCUT2D eigenvalue weighted by Crippen LogP contribution is 2.28. The minimum Gasteiger partial charge on any atom is -0.321 e. The highest BCUT2D eigenvalue weighted by atomic mass is 32.2. The number of hydrogen-bond donors (Lipinski definition) is 2. The molecule has 0 aliphatic heterocycles. The second-order valence-corrected chi connectivity index (χ2v) is 9.58. The van der Waals surface area contributed by atoms with Gasteiger partial charge in [-0.25, -0.2) is 8.42 Å². The summed E-state index contributed by atoms with van der Waals surface area (Å²) in [7, 11) is -3.95. The van der Waals surface area contributed by atoms with E-state index in [-0.39, 0.29) is 16.5 Å². The maximum atomic E-state index is 12.8. The highest BCUT2D eigenvalue weighted by molar-refractivity contribution is 7.99. The van der Waals surface area contributed by atoms with Crippen molar-refractivity contribution in [3.05, 3.63) is 70.4 Å². The summed E-state index contributed by atoms with van der Waals surface area (Å²) in [4.78, 5) is 13.0. The molecule has 1 aromatic heterocycles. The van der Waals surface area contributed by atoms with Crippen molar-refractivity contribution >= 4 is 50.4 Å². The minimum absolute atomic E-state index is 0.00696. The van der Waals surface area contributed by atoms with Crippen LogP contribution in [0.15, 0.2) is 69.8 Å². The molecular weight excluding hydrogens is 438 g/mol. The molecule has 3 aromatic rings. The fourth-order valence-electron chi connectivity index (χ4n) is 2.48. The second kappa shape index (κ2) is 8.93. The lowest BCUT2D eigenvalue weighted by Crippen LogP contribution is -2.16. The van der Waals surface area contributed by atoms with Gasteiger partial charge in [0.2, 0.25) is 0 Å². The first kappa shape index (κ1) is 21.3. The summed E-state index contributed by atoms with van der Waals surface area (Å²) in [5, 5.41) is 4.45. The van der Waals surface area contributed by atoms with Gasteiger partial charge in [0.05, 0.1) is 9.77 Å². The number of aryl methyl sites for hydroxylation is 1. The van der Waals surface area contributed by atoms with E-state index >= 15 is 0 Å². The molecule has 1 heterocycles. The molecular formula is C19H16F2N2O3S3. The number of alkyl halides is 2. The van der Waals surface area contributed by atoms with Gasteiger partial charge in [-0.15, -0.1) is 11.3 Å². The summed E-state index contributed by atoms with van der Waals surface area (Å²) in [6.07, 6.45) is 0. The monoisotopic (exact) mass is 454 g/mol. The Hall–Kier alpha value is -2.43. The Morgan fingerprint density at radius 3 is 2.38 bits per heavy atom. The Morgan fingerprint density at radius 2 is 1.76 bits per heavy atom. The van der Waals surface area contributed by atoms with Crippen molar-refractivity contribution in [1.29, 1.82) is 0 Å². The molecule has 0 atom stereocenters. The van der Waals surface area contributed by atoms with Crippen molar-refractivity contribution in [3.63, 3.8) is 0 Å². The van der Waals surface area contributed by atoms with E-state index in [4.69, 9.17) is 0 Å². The largest absolute Gasteiger partial charge is 0.321 e. The van der Waals surface area contributed by atoms with E-state index in [0.29, 0.717) is 32.8 Å². The van der Waals surface area contributed by atoms with Gasteiger partial charge < -0.3 is 5.32 Å². The molecule has 5 nitrogen and oxygen atoms in total. The van der Waals surface area contributed by atoms with E-state index in [2.05, 4.69) is 10.0 Å². The molecule has 0 bridgehead atoms. The van der Waals surface area contributed by atoms with Crippen molar-refractivity contribution < 1.29 is 22.0 Å². The lowest BCUT2D eigenvalue weighted by atomic mass is 10.2. The van der Waals surface area contributed by atoms with Crippen LogP contribution in [0.3, 0.4) is 0 Å². The van der Waals surface area contributed by atoms with Gasteiger partial charge in [0, 0.05) is 16.3 Å². The van der Waals surface area contributed by atoms with Crippen LogP contribution in [0.5, 0.6) is 0 Å². The van der Waals surface area contributed by atoms with Crippen molar-refractivity contribution in [2.24, 2.45) is 0 Å². The van der Waals surface area contributed by atoms with Crippen LogP contribution in [0.25, 0.3) is 0 Å². The molecule has 0 spiro atoms. The molecule has 29 heavy (non-hydrogen) atoms. The van der Waals surface area contributed by atoms with Crippen LogP contribution in [0.4, 0.5) is 20.2 Å². The fraction of sp³-hybridized carbons (Fsp3) is 0.105. The summed E-state index contributed by atoms with van der Waals surface area (Å²) < 4.78 is 52.8. The van der Waals surface area contributed by atoms with Gasteiger partial charge in [0.15, 0.2) is 0 Å². The number of nitrogens with one attached hydrogen (secondary N) is 2. The van der Waals surface area contributed by atoms with Crippen molar-refractivity contribution in [2.75, 3.05) is 10.0 Å². The number of sulfonamides is 1. The SMILES string of the molecule is Cc1ccc(NC(=O)c2cccs2)cc1S(=O)(=O)Nc1ccc(SC(F)F)cc1. The molecule has 10 heteroatoms. The maximum absolute atomic E-state index is 12.8. The first-order chi connectivity index (χ1) is 13.7. The van der Waals surface area contributed by atoms with E-state index in [0.717, 1.165) is 0 Å². The Morgan fingerprint density at radius 1 is 1.07 bits per heavy atom. The van der Waals surface area contributed by atoms with Crippen LogP contribution in [0.1, 0.15) is 15.2 Å². The quantitative estimate of drug-likeness (QED) is 0.467. The lowest BCUT2D eigenvalue weighted by Gasteiger charge is -2.13. The molecule has 0 unspecified atom stereocenters. The van der Waals surface area contributed by atoms with Crippen LogP contribution >= 0.6 is 23.1 Å². The first-order valence-electron chi connectivity index (χ1n) is 8.28. The van der Waals surface area contributed by atoms with Crippen LogP contribution in [-0.2, 0) is 10.0 Å². The number of thioether (sulfide) groups is 1. The van der Waals surface area contributed by atoms with Crippen LogP contribution in [-0.4, -0.2) is 20.1 Å². The van der Waals surface area contributed by atoms with Crippen molar-refractivity contribution in [2.45, 2.75) is 22.5 Å². The molecule has 0 aliphatic rings. The topological polar surface area (TPSA) is 75.3 Å². The zero-order valence-electron chi connectivity index (χ0n) is 15.1. The van der Waals surface area contributed by atoms with Gasteiger partial charge in [0.1, 0.15) is 0 Å². The minimum atomic E-state index is -3.95. The fourth-order valence-corrected chi connectivity index (χ4v) is 4.93. The van der Waals surface area contributed by atoms with Crippen LogP contribution in [0.2, 0.25) is 0 Å². The Balaban J connectivity index is 1.80. The third-order valence-electron chi connectivity index (χ3n) is 3.81. The number of thiophene rings is 1. The van der Waals surface area contributed by atoms with E-state index in [1.807, 2.05) is 0 Å². The number of amides is 1. The van der Waals surface area contributed by atoms with E-state index < -0.39 is 15.8 Å². The predicted octanol–water partition coefficient (Wildman–Crippen LogP) is 5.42. The van der Waals surface area contributed by atoms with Crippen molar-refractivity contribution in [1.82, 2.24) is 0 Å². The van der Waals surface area contributed by atoms with Gasteiger partial charge in [0.25, 0.3) is 21.7 Å². The molecule has 2 aromatic carbocycles. The number of benzene rings is 2. The van der Waals surface area contributed by atoms with Gasteiger partial charge in [-0.05, 0) is 60.3 Å². The van der Waals surface area contributed by atoms with Gasteiger partial charge in [-0.2, -0.15) is 8.78 Å². The molecule has 0 fully saturated rings. The average molecular weight is 455 g/mol. The van der Waals surface area contributed by atoms with E-state index in [9.17, 15) is 22.0 Å². The standard InChI is InChI=1S/C19H16F2N2O3S3/c1-12-4-5-14(22-18(24)16-3-2-10-27-16)11-17(12)29(25,26)23-13-6-8-15(9-7-13)28-19(20)21/h2-11,19,23H,1H3,(H,22,24). The second-order valence-electron chi connectivity index (χ2n) is 5.92. The van der Waals surface area contributed by atoms with Crippen LogP contribution < -0.4 is 10.0 Å². The van der Waals surface area contributed by atoms with Crippen LogP contribution in [0, 0.1) is 6.92 Å². The molecule has 0 aliphatic carbocycles. The molecule has 2 N–H and O–H groups in total. The molecule has 1 amide bonds. The Kier molecular flexibility index (Phi) is 6.56. The maximum Gasteiger partial charge on any atom is 0.288 e. The van der Waals surface area contributed by atoms with Gasteiger partial charge in [-0.1, -0.05) is 23.9 Å². The number of halogens is 2. The molecule has 3 rings (SSSR count). The first-order valence-corrected chi connectivity index (χ1v) is 11.5. The molecule has 0 saturated heterocycles. The summed E-state index contributed by atoms with van der Waals surface area (Å²) >= 11 is 1.66. The number of hydrogen-bond acceptors (Lipinski definition) is 5. The highest BCUT2D eigenvalue weighted by Gasteiger charge is 2.19. The third-order valence-corrected chi connectivity index (χ3v) is 6.93. The molecule has 152 valence electrons. The van der Waals surface area contributed by atoms with Gasteiger partial charge >= 0.3 is 0 Å². The van der Waals surface area contributed by atoms with E-state index in [1.54, 1.807) is 36.6 Å². The zero-order chi connectivity index (χ0) is 21.0. The summed E-state index contributed by atoms with van der Waals surface area (Å²) in [5.74, 6) is -2.88. The Labute approximate surface area is 175 Å². The summed E-state index contributed by atoms with van der Waals surface area (Å²) in [6, 6.07) is 13.7.